The Kier molecular flexibility index (Phi) is 7.26. The van der Waals surface area contributed by atoms with Crippen LogP contribution in [0.5, 0.6) is 0 Å². The lowest BCUT2D eigenvalue weighted by molar-refractivity contribution is -0.123. The number of carbonyl (C=O) groups is 2. The number of aromatic nitrogens is 2. The highest BCUT2D eigenvalue weighted by atomic mass is 16.2. The maximum absolute atomic E-state index is 12.7. The van der Waals surface area contributed by atoms with Gasteiger partial charge in [-0.2, -0.15) is 0 Å². The first-order valence-corrected chi connectivity index (χ1v) is 8.87. The van der Waals surface area contributed by atoms with Crippen molar-refractivity contribution >= 4 is 11.8 Å². The van der Waals surface area contributed by atoms with Crippen LogP contribution in [0.25, 0.3) is 0 Å². The molecular weight excluding hydrogens is 328 g/mol. The monoisotopic (exact) mass is 354 g/mol. The summed E-state index contributed by atoms with van der Waals surface area (Å²) >= 11 is 0. The van der Waals surface area contributed by atoms with Gasteiger partial charge in [0.05, 0.1) is 6.20 Å². The Morgan fingerprint density at radius 2 is 1.77 bits per heavy atom. The van der Waals surface area contributed by atoms with Crippen molar-refractivity contribution in [3.63, 3.8) is 0 Å². The summed E-state index contributed by atoms with van der Waals surface area (Å²) in [5.41, 5.74) is 1.16. The molecule has 2 atom stereocenters. The molecule has 0 saturated heterocycles. The third kappa shape index (κ3) is 6.27. The number of nitrogens with zero attached hydrogens (tertiary/aromatic N) is 2. The summed E-state index contributed by atoms with van der Waals surface area (Å²) in [6.45, 7) is 6.20. The van der Waals surface area contributed by atoms with Crippen LogP contribution in [0.2, 0.25) is 0 Å². The summed E-state index contributed by atoms with van der Waals surface area (Å²) in [7, 11) is 0. The van der Waals surface area contributed by atoms with Gasteiger partial charge in [0.2, 0.25) is 5.91 Å². The standard InChI is InChI=1S/C20H26N4O2/c1-14(2)11-15(3)23-19(25)17(12-16-7-5-4-6-8-16)24-20(26)18-13-21-9-10-22-18/h4-10,13-15,17H,11-12H2,1-3H3,(H,23,25)(H,24,26). The third-order valence-electron chi connectivity index (χ3n) is 3.91. The maximum atomic E-state index is 12.7. The maximum Gasteiger partial charge on any atom is 0.272 e. The predicted molar refractivity (Wildman–Crippen MR) is 100 cm³/mol. The Balaban J connectivity index is 2.10. The molecule has 0 aliphatic heterocycles. The molecule has 2 unspecified atom stereocenters. The third-order valence-corrected chi connectivity index (χ3v) is 3.91. The lowest BCUT2D eigenvalue weighted by Gasteiger charge is -2.22. The zero-order valence-corrected chi connectivity index (χ0v) is 15.5. The average molecular weight is 354 g/mol. The highest BCUT2D eigenvalue weighted by Crippen LogP contribution is 2.07. The molecule has 0 fully saturated rings. The molecule has 1 aromatic carbocycles. The molecule has 1 heterocycles. The first-order chi connectivity index (χ1) is 12.5. The van der Waals surface area contributed by atoms with Gasteiger partial charge < -0.3 is 10.6 Å². The number of hydrogen-bond donors (Lipinski definition) is 2. The van der Waals surface area contributed by atoms with E-state index < -0.39 is 11.9 Å². The summed E-state index contributed by atoms with van der Waals surface area (Å²) in [5.74, 6) is -0.128. The SMILES string of the molecule is CC(C)CC(C)NC(=O)C(Cc1ccccc1)NC(=O)c1cnccn1. The molecule has 0 aliphatic rings. The van der Waals surface area contributed by atoms with E-state index in [0.717, 1.165) is 12.0 Å². The fraction of sp³-hybridized carbons (Fsp3) is 0.400. The van der Waals surface area contributed by atoms with Crippen LogP contribution in [-0.4, -0.2) is 33.9 Å². The average Bonchev–Trinajstić information content (AvgIpc) is 2.62. The van der Waals surface area contributed by atoms with Gasteiger partial charge in [0.15, 0.2) is 0 Å². The van der Waals surface area contributed by atoms with Gasteiger partial charge in [-0.25, -0.2) is 4.98 Å². The van der Waals surface area contributed by atoms with Crippen molar-refractivity contribution in [1.82, 2.24) is 20.6 Å². The van der Waals surface area contributed by atoms with Crippen LogP contribution in [0.4, 0.5) is 0 Å². The molecule has 1 aromatic heterocycles. The minimum atomic E-state index is -0.679. The highest BCUT2D eigenvalue weighted by Gasteiger charge is 2.24. The molecule has 0 bridgehead atoms. The van der Waals surface area contributed by atoms with E-state index in [1.807, 2.05) is 37.3 Å². The van der Waals surface area contributed by atoms with Gasteiger partial charge in [-0.05, 0) is 24.8 Å². The van der Waals surface area contributed by atoms with Gasteiger partial charge in [-0.1, -0.05) is 44.2 Å². The van der Waals surface area contributed by atoms with E-state index in [9.17, 15) is 9.59 Å². The van der Waals surface area contributed by atoms with Crippen molar-refractivity contribution < 1.29 is 9.59 Å². The Morgan fingerprint density at radius 3 is 2.38 bits per heavy atom. The van der Waals surface area contributed by atoms with Crippen LogP contribution in [0, 0.1) is 5.92 Å². The van der Waals surface area contributed by atoms with E-state index in [-0.39, 0.29) is 17.6 Å². The van der Waals surface area contributed by atoms with E-state index in [1.54, 1.807) is 0 Å². The van der Waals surface area contributed by atoms with E-state index in [2.05, 4.69) is 34.4 Å². The second-order valence-electron chi connectivity index (χ2n) is 6.85. The number of benzene rings is 1. The van der Waals surface area contributed by atoms with Crippen LogP contribution in [0.1, 0.15) is 43.2 Å². The first-order valence-electron chi connectivity index (χ1n) is 8.87. The molecule has 2 rings (SSSR count). The summed E-state index contributed by atoms with van der Waals surface area (Å²) < 4.78 is 0. The smallest absolute Gasteiger partial charge is 0.272 e. The largest absolute Gasteiger partial charge is 0.352 e. The van der Waals surface area contributed by atoms with E-state index >= 15 is 0 Å². The van der Waals surface area contributed by atoms with Crippen molar-refractivity contribution in [3.8, 4) is 0 Å². The zero-order valence-electron chi connectivity index (χ0n) is 15.5. The minimum absolute atomic E-state index is 0.0363. The molecule has 6 heteroatoms. The van der Waals surface area contributed by atoms with Gasteiger partial charge in [0.25, 0.3) is 5.91 Å². The first kappa shape index (κ1) is 19.6. The summed E-state index contributed by atoms with van der Waals surface area (Å²) in [5, 5.41) is 5.79. The van der Waals surface area contributed by atoms with Gasteiger partial charge in [0, 0.05) is 24.9 Å². The molecule has 6 nitrogen and oxygen atoms in total. The van der Waals surface area contributed by atoms with E-state index in [4.69, 9.17) is 0 Å². The van der Waals surface area contributed by atoms with E-state index in [0.29, 0.717) is 12.3 Å². The van der Waals surface area contributed by atoms with Gasteiger partial charge in [-0.3, -0.25) is 14.6 Å². The fourth-order valence-corrected chi connectivity index (χ4v) is 2.82. The van der Waals surface area contributed by atoms with Crippen molar-refractivity contribution in [1.29, 1.82) is 0 Å². The predicted octanol–water partition coefficient (Wildman–Crippen LogP) is 2.37. The van der Waals surface area contributed by atoms with Crippen molar-refractivity contribution in [2.45, 2.75) is 45.7 Å². The molecule has 26 heavy (non-hydrogen) atoms. The lowest BCUT2D eigenvalue weighted by Crippen LogP contribution is -2.50. The Hall–Kier alpha value is -2.76. The number of rotatable bonds is 8. The summed E-state index contributed by atoms with van der Waals surface area (Å²) in [6, 6.07) is 8.97. The summed E-state index contributed by atoms with van der Waals surface area (Å²) in [6.07, 6.45) is 5.62. The van der Waals surface area contributed by atoms with Crippen molar-refractivity contribution in [2.75, 3.05) is 0 Å². The highest BCUT2D eigenvalue weighted by molar-refractivity contribution is 5.96. The topological polar surface area (TPSA) is 84.0 Å². The van der Waals surface area contributed by atoms with Crippen LogP contribution in [-0.2, 0) is 11.2 Å². The molecule has 138 valence electrons. The quantitative estimate of drug-likeness (QED) is 0.762. The van der Waals surface area contributed by atoms with Crippen molar-refractivity contribution in [3.05, 3.63) is 60.2 Å². The minimum Gasteiger partial charge on any atom is -0.352 e. The zero-order chi connectivity index (χ0) is 18.9. The van der Waals surface area contributed by atoms with E-state index in [1.165, 1.54) is 18.6 Å². The summed E-state index contributed by atoms with van der Waals surface area (Å²) in [4.78, 5) is 33.1. The van der Waals surface area contributed by atoms with Gasteiger partial charge >= 0.3 is 0 Å². The molecule has 0 spiro atoms. The molecule has 0 aliphatic carbocycles. The Labute approximate surface area is 154 Å². The number of nitrogens with one attached hydrogen (secondary N) is 2. The molecular formula is C20H26N4O2. The van der Waals surface area contributed by atoms with Crippen LogP contribution in [0.15, 0.2) is 48.9 Å². The Morgan fingerprint density at radius 1 is 1.04 bits per heavy atom. The number of hydrogen-bond acceptors (Lipinski definition) is 4. The second-order valence-corrected chi connectivity index (χ2v) is 6.85. The van der Waals surface area contributed by atoms with Crippen LogP contribution >= 0.6 is 0 Å². The molecule has 0 saturated carbocycles. The van der Waals surface area contributed by atoms with Crippen LogP contribution in [0.3, 0.4) is 0 Å². The number of amides is 2. The molecule has 2 N–H and O–H groups in total. The second kappa shape index (κ2) is 9.65. The normalized spacial score (nSPS) is 13.1. The number of carbonyl (C=O) groups excluding carboxylic acids is 2. The van der Waals surface area contributed by atoms with Gasteiger partial charge in [-0.15, -0.1) is 0 Å². The van der Waals surface area contributed by atoms with Crippen LogP contribution < -0.4 is 10.6 Å². The molecule has 2 amide bonds. The lowest BCUT2D eigenvalue weighted by atomic mass is 10.0. The molecule has 2 aromatic rings. The van der Waals surface area contributed by atoms with Gasteiger partial charge in [0.1, 0.15) is 11.7 Å². The van der Waals surface area contributed by atoms with Crippen molar-refractivity contribution in [2.24, 2.45) is 5.92 Å². The fourth-order valence-electron chi connectivity index (χ4n) is 2.82. The Bertz CT molecular complexity index is 704. The molecule has 0 radical (unpaired) electrons.